The Kier molecular flexibility index (Phi) is 7.68. The highest BCUT2D eigenvalue weighted by Crippen LogP contribution is 2.27. The van der Waals surface area contributed by atoms with E-state index in [9.17, 15) is 31.0 Å². The lowest BCUT2D eigenvalue weighted by Gasteiger charge is -2.23. The van der Waals surface area contributed by atoms with Gasteiger partial charge < -0.3 is 5.11 Å². The molecule has 1 fully saturated rings. The lowest BCUT2D eigenvalue weighted by Crippen LogP contribution is -2.24. The molecule has 2 aliphatic carbocycles. The molecular formula is C17H26N2O7S2. The highest BCUT2D eigenvalue weighted by atomic mass is 32.2. The number of nitrogens with zero attached hydrogens (tertiary/aromatic N) is 2. The summed E-state index contributed by atoms with van der Waals surface area (Å²) in [4.78, 5) is -1.48. The minimum Gasteiger partial charge on any atom is -0.390 e. The number of rotatable bonds is 4. The van der Waals surface area contributed by atoms with Gasteiger partial charge in [0.05, 0.1) is 22.0 Å². The Morgan fingerprint density at radius 2 is 1.54 bits per heavy atom. The number of hydrogen-bond donors (Lipinski definition) is 3. The second kappa shape index (κ2) is 9.40. The van der Waals surface area contributed by atoms with Gasteiger partial charge in [-0.25, -0.2) is 0 Å². The molecule has 3 N–H and O–H groups in total. The molecule has 2 rings (SSSR count). The molecule has 0 aromatic rings. The molecule has 2 unspecified atom stereocenters. The maximum Gasteiger partial charge on any atom is 0.294 e. The number of hydrogen-bond acceptors (Lipinski definition) is 7. The van der Waals surface area contributed by atoms with Crippen LogP contribution in [-0.4, -0.2) is 49.2 Å². The zero-order chi connectivity index (χ0) is 20.9. The predicted octanol–water partition coefficient (Wildman–Crippen LogP) is 2.64. The van der Waals surface area contributed by atoms with Gasteiger partial charge in [0.25, 0.3) is 20.2 Å². The number of azo groups is 1. The second-order valence-corrected chi connectivity index (χ2v) is 10.1. The summed E-state index contributed by atoms with van der Waals surface area (Å²) in [5.41, 5.74) is 0. The molecule has 0 aliphatic heterocycles. The van der Waals surface area contributed by atoms with E-state index < -0.39 is 42.2 Å². The number of aliphatic hydroxyl groups excluding tert-OH is 1. The minimum atomic E-state index is -4.83. The van der Waals surface area contributed by atoms with Crippen LogP contribution in [0, 0.1) is 5.92 Å². The van der Waals surface area contributed by atoms with E-state index in [1.807, 2.05) is 0 Å². The lowest BCUT2D eigenvalue weighted by atomic mass is 9.88. The molecule has 0 bridgehead atoms. The van der Waals surface area contributed by atoms with E-state index in [1.54, 1.807) is 0 Å². The molecule has 28 heavy (non-hydrogen) atoms. The fourth-order valence-electron chi connectivity index (χ4n) is 3.11. The predicted molar refractivity (Wildman–Crippen MR) is 104 cm³/mol. The van der Waals surface area contributed by atoms with Gasteiger partial charge in [-0.05, 0) is 62.7 Å². The van der Waals surface area contributed by atoms with Crippen LogP contribution in [0.4, 0.5) is 0 Å². The van der Waals surface area contributed by atoms with Crippen molar-refractivity contribution in [3.8, 4) is 0 Å². The van der Waals surface area contributed by atoms with E-state index in [0.717, 1.165) is 37.8 Å². The van der Waals surface area contributed by atoms with E-state index in [4.69, 9.17) is 0 Å². The van der Waals surface area contributed by atoms with Crippen LogP contribution >= 0.6 is 0 Å². The SMILES string of the molecule is CC1CCC(N=NC2/C=C(S(=O)(=O)O)/C=C(S(=O)(=O)O)\C=C\CCC2O)CC1. The summed E-state index contributed by atoms with van der Waals surface area (Å²) in [6, 6.07) is -1.10. The quantitative estimate of drug-likeness (QED) is 0.454. The molecule has 2 atom stereocenters. The number of aliphatic hydroxyl groups is 1. The van der Waals surface area contributed by atoms with E-state index in [1.165, 1.54) is 6.08 Å². The van der Waals surface area contributed by atoms with Crippen LogP contribution in [0.15, 0.2) is 44.3 Å². The van der Waals surface area contributed by atoms with E-state index in [-0.39, 0.29) is 18.9 Å². The van der Waals surface area contributed by atoms with Crippen molar-refractivity contribution < 1.29 is 31.0 Å². The Morgan fingerprint density at radius 3 is 2.11 bits per heavy atom. The summed E-state index contributed by atoms with van der Waals surface area (Å²) < 4.78 is 65.1. The molecule has 0 saturated heterocycles. The summed E-state index contributed by atoms with van der Waals surface area (Å²) in [5, 5.41) is 18.7. The van der Waals surface area contributed by atoms with Crippen LogP contribution < -0.4 is 0 Å². The van der Waals surface area contributed by atoms with Gasteiger partial charge in [0.15, 0.2) is 0 Å². The third-order valence-corrected chi connectivity index (χ3v) is 6.57. The lowest BCUT2D eigenvalue weighted by molar-refractivity contribution is 0.148. The van der Waals surface area contributed by atoms with Crippen LogP contribution in [0.25, 0.3) is 0 Å². The van der Waals surface area contributed by atoms with Crippen LogP contribution in [0.3, 0.4) is 0 Å². The highest BCUT2D eigenvalue weighted by Gasteiger charge is 2.25. The largest absolute Gasteiger partial charge is 0.390 e. The van der Waals surface area contributed by atoms with Gasteiger partial charge in [-0.2, -0.15) is 27.1 Å². The molecular weight excluding hydrogens is 408 g/mol. The van der Waals surface area contributed by atoms with Crippen molar-refractivity contribution in [1.82, 2.24) is 0 Å². The van der Waals surface area contributed by atoms with Crippen LogP contribution in [0.5, 0.6) is 0 Å². The first-order valence-corrected chi connectivity index (χ1v) is 12.0. The molecule has 2 aliphatic rings. The van der Waals surface area contributed by atoms with Crippen molar-refractivity contribution in [2.24, 2.45) is 16.1 Å². The Labute approximate surface area is 165 Å². The van der Waals surface area contributed by atoms with Gasteiger partial charge in [0.2, 0.25) is 0 Å². The fourth-order valence-corrected chi connectivity index (χ4v) is 4.32. The summed E-state index contributed by atoms with van der Waals surface area (Å²) in [6.07, 6.45) is 7.06. The average molecular weight is 435 g/mol. The molecule has 9 nitrogen and oxygen atoms in total. The van der Waals surface area contributed by atoms with Crippen molar-refractivity contribution in [1.29, 1.82) is 0 Å². The molecule has 0 amide bonds. The molecule has 158 valence electrons. The summed E-state index contributed by atoms with van der Waals surface area (Å²) in [7, 11) is -9.54. The molecule has 0 heterocycles. The van der Waals surface area contributed by atoms with E-state index in [2.05, 4.69) is 17.2 Å². The molecule has 0 aromatic carbocycles. The van der Waals surface area contributed by atoms with Gasteiger partial charge >= 0.3 is 0 Å². The normalized spacial score (nSPS) is 35.6. The van der Waals surface area contributed by atoms with Crippen LogP contribution in [0.2, 0.25) is 0 Å². The van der Waals surface area contributed by atoms with Gasteiger partial charge in [0, 0.05) is 0 Å². The third kappa shape index (κ3) is 6.89. The van der Waals surface area contributed by atoms with Gasteiger partial charge in [0.1, 0.15) is 6.04 Å². The standard InChI is InChI=1S/C17H26N2O7S2/c1-12-6-8-13(9-7-12)18-19-16-11-15(28(24,25)26)10-14(27(21,22)23)4-2-3-5-17(16)20/h2,4,10-13,16-17,20H,3,5-9H2,1H3,(H,21,22,23)(H,24,25,26)/b4-2+,14-10+,15-11-,19-18?. The van der Waals surface area contributed by atoms with Crippen molar-refractivity contribution in [3.63, 3.8) is 0 Å². The Hall–Kier alpha value is -1.40. The first kappa shape index (κ1) is 22.9. The first-order valence-electron chi connectivity index (χ1n) is 9.10. The zero-order valence-electron chi connectivity index (χ0n) is 15.5. The molecule has 11 heteroatoms. The monoisotopic (exact) mass is 434 g/mol. The summed E-state index contributed by atoms with van der Waals surface area (Å²) in [5.74, 6) is 0.618. The third-order valence-electron chi connectivity index (χ3n) is 4.87. The topological polar surface area (TPSA) is 154 Å². The maximum atomic E-state index is 11.7. The number of allylic oxidation sites excluding steroid dienone is 3. The van der Waals surface area contributed by atoms with Gasteiger partial charge in [-0.15, -0.1) is 0 Å². The van der Waals surface area contributed by atoms with Crippen molar-refractivity contribution in [2.45, 2.75) is 63.6 Å². The Bertz CT molecular complexity index is 880. The van der Waals surface area contributed by atoms with E-state index in [0.29, 0.717) is 12.0 Å². The summed E-state index contributed by atoms with van der Waals surface area (Å²) in [6.45, 7) is 2.16. The van der Waals surface area contributed by atoms with Crippen LogP contribution in [0.1, 0.15) is 45.4 Å². The van der Waals surface area contributed by atoms with E-state index >= 15 is 0 Å². The molecule has 0 spiro atoms. The van der Waals surface area contributed by atoms with Crippen molar-refractivity contribution in [2.75, 3.05) is 0 Å². The summed E-state index contributed by atoms with van der Waals surface area (Å²) >= 11 is 0. The average Bonchev–Trinajstić information content (AvgIpc) is 2.58. The van der Waals surface area contributed by atoms with Crippen molar-refractivity contribution in [3.05, 3.63) is 34.1 Å². The molecule has 0 aromatic heterocycles. The first-order chi connectivity index (χ1) is 13.0. The van der Waals surface area contributed by atoms with Gasteiger partial charge in [-0.1, -0.05) is 13.0 Å². The van der Waals surface area contributed by atoms with Crippen molar-refractivity contribution >= 4 is 20.2 Å². The minimum absolute atomic E-state index is 0.0230. The smallest absolute Gasteiger partial charge is 0.294 e. The molecule has 1 saturated carbocycles. The fraction of sp³-hybridized carbons (Fsp3) is 0.647. The highest BCUT2D eigenvalue weighted by molar-refractivity contribution is 7.91. The second-order valence-electron chi connectivity index (χ2n) is 7.25. The Morgan fingerprint density at radius 1 is 0.929 bits per heavy atom. The molecule has 0 radical (unpaired) electrons. The Balaban J connectivity index is 2.42. The van der Waals surface area contributed by atoms with Gasteiger partial charge in [-0.3, -0.25) is 9.11 Å². The maximum absolute atomic E-state index is 11.7. The zero-order valence-corrected chi connectivity index (χ0v) is 17.2. The van der Waals surface area contributed by atoms with Crippen LogP contribution in [-0.2, 0) is 20.2 Å².